The van der Waals surface area contributed by atoms with Crippen LogP contribution in [-0.2, 0) is 4.74 Å². The summed E-state index contributed by atoms with van der Waals surface area (Å²) < 4.78 is 4.68. The zero-order valence-electron chi connectivity index (χ0n) is 5.29. The lowest BCUT2D eigenvalue weighted by atomic mass is 10.3. The average Bonchev–Trinajstić information content (AvgIpc) is 1.65. The van der Waals surface area contributed by atoms with E-state index in [1.807, 2.05) is 0 Å². The van der Waals surface area contributed by atoms with Gasteiger partial charge >= 0.3 is 0 Å². The first-order valence-corrected chi connectivity index (χ1v) is 2.63. The SMILES string of the molecule is COC(N)CC(C)O. The van der Waals surface area contributed by atoms with Gasteiger partial charge in [0.05, 0.1) is 6.10 Å². The molecule has 0 aromatic heterocycles. The van der Waals surface area contributed by atoms with Gasteiger partial charge in [-0.1, -0.05) is 0 Å². The summed E-state index contributed by atoms with van der Waals surface area (Å²) in [7, 11) is 1.52. The van der Waals surface area contributed by atoms with Crippen LogP contribution < -0.4 is 5.73 Å². The van der Waals surface area contributed by atoms with Gasteiger partial charge in [-0.15, -0.1) is 0 Å². The van der Waals surface area contributed by atoms with Crippen LogP contribution in [0.3, 0.4) is 0 Å². The monoisotopic (exact) mass is 119 g/mol. The molecule has 0 radical (unpaired) electrons. The maximum Gasteiger partial charge on any atom is 0.107 e. The topological polar surface area (TPSA) is 55.5 Å². The first-order chi connectivity index (χ1) is 3.66. The third-order valence-electron chi connectivity index (χ3n) is 0.876. The van der Waals surface area contributed by atoms with E-state index in [2.05, 4.69) is 4.74 Å². The van der Waals surface area contributed by atoms with Crippen LogP contribution in [0.25, 0.3) is 0 Å². The summed E-state index contributed by atoms with van der Waals surface area (Å²) in [5, 5.41) is 8.69. The molecule has 0 aromatic carbocycles. The fourth-order valence-corrected chi connectivity index (χ4v) is 0.432. The van der Waals surface area contributed by atoms with Crippen molar-refractivity contribution in [1.29, 1.82) is 0 Å². The van der Waals surface area contributed by atoms with Crippen molar-refractivity contribution in [2.75, 3.05) is 7.11 Å². The van der Waals surface area contributed by atoms with E-state index >= 15 is 0 Å². The van der Waals surface area contributed by atoms with Crippen molar-refractivity contribution in [2.45, 2.75) is 25.7 Å². The standard InChI is InChI=1S/C5H13NO2/c1-4(7)3-5(6)8-2/h4-5,7H,3,6H2,1-2H3. The molecular formula is C5H13NO2. The number of hydrogen-bond donors (Lipinski definition) is 2. The highest BCUT2D eigenvalue weighted by molar-refractivity contribution is 4.51. The Bertz CT molecular complexity index is 56.4. The first-order valence-electron chi connectivity index (χ1n) is 2.63. The summed E-state index contributed by atoms with van der Waals surface area (Å²) >= 11 is 0. The molecule has 0 fully saturated rings. The van der Waals surface area contributed by atoms with Crippen molar-refractivity contribution in [2.24, 2.45) is 5.73 Å². The van der Waals surface area contributed by atoms with Gasteiger partial charge in [-0.2, -0.15) is 0 Å². The van der Waals surface area contributed by atoms with Crippen LogP contribution in [0.5, 0.6) is 0 Å². The highest BCUT2D eigenvalue weighted by atomic mass is 16.5. The van der Waals surface area contributed by atoms with Crippen molar-refractivity contribution in [3.63, 3.8) is 0 Å². The van der Waals surface area contributed by atoms with Crippen LogP contribution in [0.1, 0.15) is 13.3 Å². The second-order valence-corrected chi connectivity index (χ2v) is 1.86. The highest BCUT2D eigenvalue weighted by Gasteiger charge is 2.02. The van der Waals surface area contributed by atoms with Gasteiger partial charge in [0, 0.05) is 13.5 Å². The van der Waals surface area contributed by atoms with Gasteiger partial charge in [-0.25, -0.2) is 0 Å². The van der Waals surface area contributed by atoms with Gasteiger partial charge in [-0.3, -0.25) is 0 Å². The zero-order chi connectivity index (χ0) is 6.57. The van der Waals surface area contributed by atoms with Gasteiger partial charge in [0.15, 0.2) is 0 Å². The smallest absolute Gasteiger partial charge is 0.107 e. The fraction of sp³-hybridized carbons (Fsp3) is 1.00. The second kappa shape index (κ2) is 3.83. The predicted molar refractivity (Wildman–Crippen MR) is 31.3 cm³/mol. The third kappa shape index (κ3) is 4.05. The molecule has 3 heteroatoms. The molecule has 0 rings (SSSR count). The molecule has 8 heavy (non-hydrogen) atoms. The number of ether oxygens (including phenoxy) is 1. The molecule has 3 nitrogen and oxygen atoms in total. The van der Waals surface area contributed by atoms with E-state index in [9.17, 15) is 0 Å². The second-order valence-electron chi connectivity index (χ2n) is 1.86. The average molecular weight is 119 g/mol. The van der Waals surface area contributed by atoms with E-state index in [-0.39, 0.29) is 12.3 Å². The molecule has 0 bridgehead atoms. The molecule has 3 N–H and O–H groups in total. The van der Waals surface area contributed by atoms with E-state index < -0.39 is 0 Å². The molecular weight excluding hydrogens is 106 g/mol. The minimum atomic E-state index is -0.370. The molecule has 0 aliphatic rings. The van der Waals surface area contributed by atoms with Crippen LogP contribution >= 0.6 is 0 Å². The lowest BCUT2D eigenvalue weighted by molar-refractivity contribution is 0.0560. The van der Waals surface area contributed by atoms with Gasteiger partial charge < -0.3 is 15.6 Å². The minimum Gasteiger partial charge on any atom is -0.393 e. The molecule has 0 saturated heterocycles. The number of hydrogen-bond acceptors (Lipinski definition) is 3. The molecule has 2 atom stereocenters. The first kappa shape index (κ1) is 7.88. The van der Waals surface area contributed by atoms with Crippen molar-refractivity contribution < 1.29 is 9.84 Å². The van der Waals surface area contributed by atoms with Crippen molar-refractivity contribution in [1.82, 2.24) is 0 Å². The molecule has 0 amide bonds. The summed E-state index contributed by atoms with van der Waals surface area (Å²) in [5.41, 5.74) is 5.29. The largest absolute Gasteiger partial charge is 0.393 e. The Labute approximate surface area is 49.4 Å². The maximum atomic E-state index is 8.69. The van der Waals surface area contributed by atoms with Crippen LogP contribution in [0.15, 0.2) is 0 Å². The van der Waals surface area contributed by atoms with Crippen molar-refractivity contribution in [3.05, 3.63) is 0 Å². The van der Waals surface area contributed by atoms with E-state index in [1.54, 1.807) is 6.92 Å². The lowest BCUT2D eigenvalue weighted by Gasteiger charge is -2.09. The molecule has 0 heterocycles. The summed E-state index contributed by atoms with van der Waals surface area (Å²) in [5.74, 6) is 0. The normalized spacial score (nSPS) is 18.0. The number of nitrogens with two attached hydrogens (primary N) is 1. The van der Waals surface area contributed by atoms with Gasteiger partial charge in [-0.05, 0) is 6.92 Å². The number of rotatable bonds is 3. The summed E-state index contributed by atoms with van der Waals surface area (Å²) in [6.45, 7) is 1.68. The summed E-state index contributed by atoms with van der Waals surface area (Å²) in [4.78, 5) is 0. The highest BCUT2D eigenvalue weighted by Crippen LogP contribution is 1.93. The van der Waals surface area contributed by atoms with Crippen LogP contribution in [-0.4, -0.2) is 24.5 Å². The van der Waals surface area contributed by atoms with E-state index in [1.165, 1.54) is 7.11 Å². The van der Waals surface area contributed by atoms with Gasteiger partial charge in [0.2, 0.25) is 0 Å². The predicted octanol–water partition coefficient (Wildman–Crippen LogP) is -0.312. The molecule has 0 aliphatic carbocycles. The number of methoxy groups -OCH3 is 1. The summed E-state index contributed by atoms with van der Waals surface area (Å²) in [6.07, 6.45) is -0.198. The minimum absolute atomic E-state index is 0.324. The molecule has 2 unspecified atom stereocenters. The number of aliphatic hydroxyl groups is 1. The van der Waals surface area contributed by atoms with Crippen LogP contribution in [0.4, 0.5) is 0 Å². The molecule has 0 aromatic rings. The zero-order valence-corrected chi connectivity index (χ0v) is 5.29. The Kier molecular flexibility index (Phi) is 3.77. The molecule has 0 saturated carbocycles. The van der Waals surface area contributed by atoms with E-state index in [4.69, 9.17) is 10.8 Å². The lowest BCUT2D eigenvalue weighted by Crippen LogP contribution is -2.26. The quantitative estimate of drug-likeness (QED) is 0.501. The Morgan fingerprint density at radius 1 is 1.75 bits per heavy atom. The third-order valence-corrected chi connectivity index (χ3v) is 0.876. The van der Waals surface area contributed by atoms with Crippen molar-refractivity contribution in [3.8, 4) is 0 Å². The van der Waals surface area contributed by atoms with Crippen molar-refractivity contribution >= 4 is 0 Å². The summed E-state index contributed by atoms with van der Waals surface area (Å²) in [6, 6.07) is 0. The Morgan fingerprint density at radius 2 is 2.25 bits per heavy atom. The molecule has 0 aliphatic heterocycles. The van der Waals surface area contributed by atoms with E-state index in [0.29, 0.717) is 6.42 Å². The Morgan fingerprint density at radius 3 is 2.38 bits per heavy atom. The molecule has 50 valence electrons. The number of aliphatic hydroxyl groups excluding tert-OH is 1. The maximum absolute atomic E-state index is 8.69. The fourth-order valence-electron chi connectivity index (χ4n) is 0.432. The van der Waals surface area contributed by atoms with Crippen LogP contribution in [0, 0.1) is 0 Å². The Hall–Kier alpha value is -0.120. The Balaban J connectivity index is 3.10. The van der Waals surface area contributed by atoms with E-state index in [0.717, 1.165) is 0 Å². The van der Waals surface area contributed by atoms with Gasteiger partial charge in [0.25, 0.3) is 0 Å². The van der Waals surface area contributed by atoms with Crippen LogP contribution in [0.2, 0.25) is 0 Å². The molecule has 0 spiro atoms. The van der Waals surface area contributed by atoms with Gasteiger partial charge in [0.1, 0.15) is 6.23 Å².